The Kier molecular flexibility index (Phi) is 30.2. The van der Waals surface area contributed by atoms with Crippen LogP contribution in [-0.4, -0.2) is 29.9 Å². The van der Waals surface area contributed by atoms with E-state index in [0.717, 1.165) is 12.8 Å². The second-order valence-electron chi connectivity index (χ2n) is 8.94. The Labute approximate surface area is 204 Å². The molecule has 0 aliphatic carbocycles. The van der Waals surface area contributed by atoms with Crippen molar-refractivity contribution in [3.05, 3.63) is 25.8 Å². The number of nitrogens with two attached hydrogens (primary N) is 1. The van der Waals surface area contributed by atoms with E-state index in [0.29, 0.717) is 5.92 Å². The number of allylic oxidation sites excluding steroid dienone is 1. The molecule has 6 nitrogen and oxygen atoms in total. The summed E-state index contributed by atoms with van der Waals surface area (Å²) in [5.41, 5.74) is 4.68. The minimum absolute atomic E-state index is 0.0227. The molecule has 0 bridgehead atoms. The lowest BCUT2D eigenvalue weighted by atomic mass is 9.90. The highest BCUT2D eigenvalue weighted by atomic mass is 16.6. The standard InChI is InChI=1S/C10H21NO.C8H15NO3.C7H14.C2H4/c1-4-6-9(5-2)7-8(3)10(11)12;1-6(10)5-9-7(11)12-8(2,3)4;1-3-5-7-6-4-2;1-2/h8-9H,4-7H2,1-3H3,(H2,11,12);5H2,1-4H3,(H,9,11);3H,1,4-7H2,2H3;1-2H2. The minimum atomic E-state index is -0.558. The third-order valence-electron chi connectivity index (χ3n) is 4.34. The van der Waals surface area contributed by atoms with Gasteiger partial charge in [-0.2, -0.15) is 0 Å². The monoisotopic (exact) mass is 470 g/mol. The summed E-state index contributed by atoms with van der Waals surface area (Å²) in [6.45, 7) is 24.8. The number of amides is 2. The van der Waals surface area contributed by atoms with E-state index < -0.39 is 11.7 Å². The first-order valence-corrected chi connectivity index (χ1v) is 12.2. The van der Waals surface area contributed by atoms with E-state index in [1.807, 2.05) is 13.0 Å². The van der Waals surface area contributed by atoms with Crippen molar-refractivity contribution in [3.8, 4) is 0 Å². The quantitative estimate of drug-likeness (QED) is 0.237. The lowest BCUT2D eigenvalue weighted by Crippen LogP contribution is -2.34. The largest absolute Gasteiger partial charge is 0.444 e. The van der Waals surface area contributed by atoms with Crippen LogP contribution in [0.4, 0.5) is 4.79 Å². The van der Waals surface area contributed by atoms with Crippen LogP contribution in [0.15, 0.2) is 25.8 Å². The van der Waals surface area contributed by atoms with E-state index >= 15 is 0 Å². The van der Waals surface area contributed by atoms with Crippen molar-refractivity contribution in [2.75, 3.05) is 6.54 Å². The van der Waals surface area contributed by atoms with E-state index in [-0.39, 0.29) is 24.2 Å². The van der Waals surface area contributed by atoms with Crippen molar-refractivity contribution in [1.82, 2.24) is 5.32 Å². The van der Waals surface area contributed by atoms with E-state index in [1.54, 1.807) is 20.8 Å². The molecule has 0 aromatic carbocycles. The number of ketones is 1. The summed E-state index contributed by atoms with van der Waals surface area (Å²) in [5, 5.41) is 2.33. The fourth-order valence-corrected chi connectivity index (χ4v) is 2.56. The van der Waals surface area contributed by atoms with Gasteiger partial charge in [-0.05, 0) is 52.9 Å². The normalized spacial score (nSPS) is 11.5. The van der Waals surface area contributed by atoms with Crippen molar-refractivity contribution in [3.63, 3.8) is 0 Å². The highest BCUT2D eigenvalue weighted by Crippen LogP contribution is 2.20. The number of carbonyl (C=O) groups excluding carboxylic acids is 3. The number of primary amides is 1. The lowest BCUT2D eigenvalue weighted by Gasteiger charge is -2.19. The van der Waals surface area contributed by atoms with Gasteiger partial charge in [0.1, 0.15) is 11.4 Å². The average molecular weight is 471 g/mol. The van der Waals surface area contributed by atoms with E-state index in [9.17, 15) is 14.4 Å². The zero-order valence-electron chi connectivity index (χ0n) is 22.9. The van der Waals surface area contributed by atoms with E-state index in [1.165, 1.54) is 45.4 Å². The molecule has 33 heavy (non-hydrogen) atoms. The molecule has 0 aromatic rings. The Bertz CT molecular complexity index is 499. The number of rotatable bonds is 12. The lowest BCUT2D eigenvalue weighted by molar-refractivity contribution is -0.121. The number of unbranched alkanes of at least 4 members (excludes halogenated alkanes) is 3. The summed E-state index contributed by atoms with van der Waals surface area (Å²) in [5.74, 6) is 0.462. The number of hydrogen-bond acceptors (Lipinski definition) is 4. The van der Waals surface area contributed by atoms with Gasteiger partial charge in [-0.3, -0.25) is 9.59 Å². The third-order valence-corrected chi connectivity index (χ3v) is 4.34. The van der Waals surface area contributed by atoms with Crippen molar-refractivity contribution in [2.45, 2.75) is 112 Å². The van der Waals surface area contributed by atoms with Gasteiger partial charge >= 0.3 is 6.09 Å². The molecule has 0 aromatic heterocycles. The van der Waals surface area contributed by atoms with Crippen molar-refractivity contribution in [1.29, 1.82) is 0 Å². The molecular weight excluding hydrogens is 416 g/mol. The van der Waals surface area contributed by atoms with Gasteiger partial charge in [0.05, 0.1) is 6.54 Å². The van der Waals surface area contributed by atoms with Gasteiger partial charge in [-0.25, -0.2) is 4.79 Å². The van der Waals surface area contributed by atoms with Crippen LogP contribution < -0.4 is 11.1 Å². The summed E-state index contributed by atoms with van der Waals surface area (Å²) in [7, 11) is 0. The summed E-state index contributed by atoms with van der Waals surface area (Å²) < 4.78 is 4.89. The van der Waals surface area contributed by atoms with Crippen LogP contribution in [0.3, 0.4) is 0 Å². The Balaban J connectivity index is -0.000000190. The van der Waals surface area contributed by atoms with Gasteiger partial charge in [0.2, 0.25) is 5.91 Å². The molecule has 0 heterocycles. The molecule has 0 rings (SSSR count). The molecule has 0 saturated heterocycles. The van der Waals surface area contributed by atoms with Crippen LogP contribution in [0.1, 0.15) is 107 Å². The van der Waals surface area contributed by atoms with Crippen molar-refractivity contribution >= 4 is 17.8 Å². The van der Waals surface area contributed by atoms with Crippen LogP contribution in [0.5, 0.6) is 0 Å². The second kappa shape index (κ2) is 26.1. The molecule has 0 spiro atoms. The number of ether oxygens (including phenoxy) is 1. The predicted molar refractivity (Wildman–Crippen MR) is 142 cm³/mol. The zero-order valence-corrected chi connectivity index (χ0v) is 22.9. The smallest absolute Gasteiger partial charge is 0.408 e. The molecule has 0 aliphatic heterocycles. The molecule has 6 heteroatoms. The summed E-state index contributed by atoms with van der Waals surface area (Å²) in [4.78, 5) is 32.1. The summed E-state index contributed by atoms with van der Waals surface area (Å²) >= 11 is 0. The van der Waals surface area contributed by atoms with E-state index in [4.69, 9.17) is 10.5 Å². The third kappa shape index (κ3) is 37.5. The maximum atomic E-state index is 10.9. The van der Waals surface area contributed by atoms with E-state index in [2.05, 4.69) is 45.8 Å². The Hall–Kier alpha value is -2.11. The van der Waals surface area contributed by atoms with Crippen LogP contribution >= 0.6 is 0 Å². The molecule has 3 N–H and O–H groups in total. The fraction of sp³-hybridized carbons (Fsp3) is 0.741. The number of alkyl carbamates (subject to hydrolysis) is 1. The van der Waals surface area contributed by atoms with Crippen molar-refractivity contribution in [2.24, 2.45) is 17.6 Å². The first-order chi connectivity index (χ1) is 15.3. The molecule has 0 radical (unpaired) electrons. The summed E-state index contributed by atoms with van der Waals surface area (Å²) in [6, 6.07) is 0. The maximum absolute atomic E-state index is 10.9. The SMILES string of the molecule is C=C.C=CCCCCC.CC(=O)CNC(=O)OC(C)(C)C.CCCC(CC)CC(C)C(N)=O. The number of nitrogens with one attached hydrogen (secondary N) is 1. The second-order valence-corrected chi connectivity index (χ2v) is 8.94. The molecule has 196 valence electrons. The van der Waals surface area contributed by atoms with Crippen LogP contribution in [0, 0.1) is 11.8 Å². The maximum Gasteiger partial charge on any atom is 0.408 e. The molecule has 0 saturated carbocycles. The van der Waals surface area contributed by atoms with Gasteiger partial charge in [-0.15, -0.1) is 19.7 Å². The average Bonchev–Trinajstić information content (AvgIpc) is 2.73. The molecule has 2 unspecified atom stereocenters. The molecular formula is C27H54N2O4. The van der Waals surface area contributed by atoms with Gasteiger partial charge in [0.25, 0.3) is 0 Å². The molecule has 0 fully saturated rings. The van der Waals surface area contributed by atoms with Gasteiger partial charge in [-0.1, -0.05) is 65.9 Å². The first kappa shape index (κ1) is 38.2. The molecule has 2 atom stereocenters. The van der Waals surface area contributed by atoms with Crippen LogP contribution in [-0.2, 0) is 14.3 Å². The number of Topliss-reactive ketones (excluding diaryl/α,β-unsaturated/α-hetero) is 1. The Morgan fingerprint density at radius 1 is 1.06 bits per heavy atom. The molecule has 2 amide bonds. The van der Waals surface area contributed by atoms with Gasteiger partial charge in [0, 0.05) is 5.92 Å². The summed E-state index contributed by atoms with van der Waals surface area (Å²) in [6.07, 6.45) is 11.1. The van der Waals surface area contributed by atoms with Crippen molar-refractivity contribution < 1.29 is 19.1 Å². The number of carbonyl (C=O) groups is 3. The highest BCUT2D eigenvalue weighted by Gasteiger charge is 2.16. The Morgan fingerprint density at radius 3 is 1.94 bits per heavy atom. The highest BCUT2D eigenvalue weighted by molar-refractivity contribution is 5.81. The predicted octanol–water partition coefficient (Wildman–Crippen LogP) is 6.98. The molecule has 0 aliphatic rings. The van der Waals surface area contributed by atoms with Crippen LogP contribution in [0.2, 0.25) is 0 Å². The van der Waals surface area contributed by atoms with Gasteiger partial charge in [0.15, 0.2) is 0 Å². The Morgan fingerprint density at radius 2 is 1.61 bits per heavy atom. The fourth-order valence-electron chi connectivity index (χ4n) is 2.56. The van der Waals surface area contributed by atoms with Crippen LogP contribution in [0.25, 0.3) is 0 Å². The minimum Gasteiger partial charge on any atom is -0.444 e. The topological polar surface area (TPSA) is 98.5 Å². The first-order valence-electron chi connectivity index (χ1n) is 12.2. The zero-order chi connectivity index (χ0) is 26.9. The number of hydrogen-bond donors (Lipinski definition) is 2. The van der Waals surface area contributed by atoms with Gasteiger partial charge < -0.3 is 15.8 Å².